The molecule has 0 saturated carbocycles. The average Bonchev–Trinajstić information content (AvgIpc) is 2.72. The Hall–Kier alpha value is -0.640. The van der Waals surface area contributed by atoms with Crippen LogP contribution in [0.15, 0.2) is 34.5 Å². The molecule has 4 nitrogen and oxygen atoms in total. The predicted molar refractivity (Wildman–Crippen MR) is 91.8 cm³/mol. The Bertz CT molecular complexity index is 711. The molecule has 2 aromatic rings. The van der Waals surface area contributed by atoms with Gasteiger partial charge in [-0.15, -0.1) is 11.3 Å². The normalized spacial score (nSPS) is 11.6. The van der Waals surface area contributed by atoms with E-state index < -0.39 is 10.0 Å². The fourth-order valence-corrected chi connectivity index (χ4v) is 4.91. The molecule has 2 N–H and O–H groups in total. The van der Waals surface area contributed by atoms with Gasteiger partial charge in [0.05, 0.1) is 0 Å². The summed E-state index contributed by atoms with van der Waals surface area (Å²) in [6.45, 7) is 2.60. The molecule has 0 amide bonds. The Kier molecular flexibility index (Phi) is 5.05. The molecule has 0 saturated heterocycles. The lowest BCUT2D eigenvalue weighted by atomic mass is 10.3. The van der Waals surface area contributed by atoms with Gasteiger partial charge >= 0.3 is 0 Å². The van der Waals surface area contributed by atoms with Gasteiger partial charge in [0.1, 0.15) is 4.21 Å². The minimum absolute atomic E-state index is 0.346. The number of anilines is 1. The summed E-state index contributed by atoms with van der Waals surface area (Å²) < 4.78 is 28.7. The molecular formula is C13H15IN2O2S2. The molecule has 108 valence electrons. The minimum Gasteiger partial charge on any atom is -0.315 e. The van der Waals surface area contributed by atoms with E-state index in [0.717, 1.165) is 14.0 Å². The summed E-state index contributed by atoms with van der Waals surface area (Å²) in [6.07, 6.45) is 0. The standard InChI is InChI=1S/C13H15IN2O2S2/c1-9-6-13(19-12(9)8-15-2)20(17,18)16-11-5-3-4-10(14)7-11/h3-7,15-16H,8H2,1-2H3. The fraction of sp³-hybridized carbons (Fsp3) is 0.231. The van der Waals surface area contributed by atoms with Crippen LogP contribution in [0.25, 0.3) is 0 Å². The Labute approximate surface area is 136 Å². The predicted octanol–water partition coefficient (Wildman–Crippen LogP) is 3.18. The maximum atomic E-state index is 12.4. The maximum absolute atomic E-state index is 12.4. The van der Waals surface area contributed by atoms with Gasteiger partial charge in [0, 0.05) is 20.7 Å². The van der Waals surface area contributed by atoms with E-state index in [-0.39, 0.29) is 0 Å². The van der Waals surface area contributed by atoms with Crippen LogP contribution in [0.4, 0.5) is 5.69 Å². The third kappa shape index (κ3) is 3.72. The highest BCUT2D eigenvalue weighted by atomic mass is 127. The van der Waals surface area contributed by atoms with Crippen molar-refractivity contribution >= 4 is 49.6 Å². The van der Waals surface area contributed by atoms with Gasteiger partial charge in [-0.2, -0.15) is 0 Å². The van der Waals surface area contributed by atoms with E-state index in [9.17, 15) is 8.42 Å². The van der Waals surface area contributed by atoms with E-state index in [0.29, 0.717) is 16.4 Å². The van der Waals surface area contributed by atoms with Crippen molar-refractivity contribution in [1.29, 1.82) is 0 Å². The van der Waals surface area contributed by atoms with Gasteiger partial charge in [-0.05, 0) is 66.4 Å². The number of benzene rings is 1. The maximum Gasteiger partial charge on any atom is 0.271 e. The molecule has 1 aromatic carbocycles. The second kappa shape index (κ2) is 6.42. The quantitative estimate of drug-likeness (QED) is 0.728. The zero-order chi connectivity index (χ0) is 14.8. The molecule has 0 fully saturated rings. The Morgan fingerprint density at radius 1 is 1.30 bits per heavy atom. The van der Waals surface area contributed by atoms with Crippen molar-refractivity contribution in [2.75, 3.05) is 11.8 Å². The monoisotopic (exact) mass is 422 g/mol. The number of hydrogen-bond acceptors (Lipinski definition) is 4. The van der Waals surface area contributed by atoms with Crippen LogP contribution >= 0.6 is 33.9 Å². The lowest BCUT2D eigenvalue weighted by Gasteiger charge is -2.06. The Morgan fingerprint density at radius 2 is 2.05 bits per heavy atom. The molecule has 0 atom stereocenters. The van der Waals surface area contributed by atoms with Crippen LogP contribution in [-0.2, 0) is 16.6 Å². The summed E-state index contributed by atoms with van der Waals surface area (Å²) in [7, 11) is -1.67. The highest BCUT2D eigenvalue weighted by molar-refractivity contribution is 14.1. The molecule has 20 heavy (non-hydrogen) atoms. The van der Waals surface area contributed by atoms with Crippen molar-refractivity contribution in [3.8, 4) is 0 Å². The number of sulfonamides is 1. The minimum atomic E-state index is -3.51. The van der Waals surface area contributed by atoms with Crippen molar-refractivity contribution < 1.29 is 8.42 Å². The molecule has 0 bridgehead atoms. The molecule has 2 rings (SSSR count). The molecule has 1 aromatic heterocycles. The Morgan fingerprint density at radius 3 is 2.70 bits per heavy atom. The molecule has 0 aliphatic rings. The van der Waals surface area contributed by atoms with Crippen LogP contribution in [0.1, 0.15) is 10.4 Å². The first-order valence-corrected chi connectivity index (χ1v) is 9.32. The van der Waals surface area contributed by atoms with E-state index in [1.54, 1.807) is 18.2 Å². The molecular weight excluding hydrogens is 407 g/mol. The Balaban J connectivity index is 2.28. The van der Waals surface area contributed by atoms with Crippen LogP contribution in [0.5, 0.6) is 0 Å². The van der Waals surface area contributed by atoms with E-state index in [4.69, 9.17) is 0 Å². The van der Waals surface area contributed by atoms with E-state index in [1.165, 1.54) is 11.3 Å². The topological polar surface area (TPSA) is 58.2 Å². The summed E-state index contributed by atoms with van der Waals surface area (Å²) in [5, 5.41) is 3.04. The van der Waals surface area contributed by atoms with Gasteiger partial charge in [0.15, 0.2) is 0 Å². The number of hydrogen-bond donors (Lipinski definition) is 2. The molecule has 0 spiro atoms. The van der Waals surface area contributed by atoms with Crippen LogP contribution < -0.4 is 10.0 Å². The average molecular weight is 422 g/mol. The van der Waals surface area contributed by atoms with Crippen molar-refractivity contribution in [2.24, 2.45) is 0 Å². The van der Waals surface area contributed by atoms with E-state index in [2.05, 4.69) is 32.6 Å². The summed E-state index contributed by atoms with van der Waals surface area (Å²) in [4.78, 5) is 1.04. The molecule has 0 aliphatic carbocycles. The van der Waals surface area contributed by atoms with Crippen molar-refractivity contribution in [3.63, 3.8) is 0 Å². The third-order valence-electron chi connectivity index (χ3n) is 2.68. The first kappa shape index (κ1) is 15.7. The van der Waals surface area contributed by atoms with Crippen molar-refractivity contribution in [3.05, 3.63) is 44.3 Å². The summed E-state index contributed by atoms with van der Waals surface area (Å²) in [5.74, 6) is 0. The molecule has 0 aliphatic heterocycles. The van der Waals surface area contributed by atoms with Gasteiger partial charge in [-0.1, -0.05) is 6.07 Å². The number of thiophene rings is 1. The second-order valence-corrected chi connectivity index (χ2v) is 8.61. The van der Waals surface area contributed by atoms with E-state index >= 15 is 0 Å². The van der Waals surface area contributed by atoms with Gasteiger partial charge in [-0.3, -0.25) is 4.72 Å². The molecule has 1 heterocycles. The molecule has 7 heteroatoms. The number of nitrogens with one attached hydrogen (secondary N) is 2. The second-order valence-electron chi connectivity index (χ2n) is 4.32. The van der Waals surface area contributed by atoms with Crippen LogP contribution in [0.3, 0.4) is 0 Å². The molecule has 0 radical (unpaired) electrons. The summed E-state index contributed by atoms with van der Waals surface area (Å²) in [5.41, 5.74) is 1.57. The zero-order valence-electron chi connectivity index (χ0n) is 11.1. The van der Waals surface area contributed by atoms with Gasteiger partial charge in [-0.25, -0.2) is 8.42 Å². The van der Waals surface area contributed by atoms with Crippen LogP contribution in [0, 0.1) is 10.5 Å². The lowest BCUT2D eigenvalue weighted by molar-refractivity contribution is 0.603. The number of aryl methyl sites for hydroxylation is 1. The third-order valence-corrected chi connectivity index (χ3v) is 6.44. The summed E-state index contributed by atoms with van der Waals surface area (Å²) >= 11 is 3.45. The largest absolute Gasteiger partial charge is 0.315 e. The highest BCUT2D eigenvalue weighted by Gasteiger charge is 2.18. The summed E-state index contributed by atoms with van der Waals surface area (Å²) in [6, 6.07) is 9.00. The van der Waals surface area contributed by atoms with Crippen molar-refractivity contribution in [1.82, 2.24) is 5.32 Å². The number of halogens is 1. The SMILES string of the molecule is CNCc1sc(S(=O)(=O)Nc2cccc(I)c2)cc1C. The van der Waals surface area contributed by atoms with Crippen molar-refractivity contribution in [2.45, 2.75) is 17.7 Å². The zero-order valence-corrected chi connectivity index (χ0v) is 14.9. The van der Waals surface area contributed by atoms with Gasteiger partial charge in [0.25, 0.3) is 10.0 Å². The first-order chi connectivity index (χ1) is 9.42. The highest BCUT2D eigenvalue weighted by Crippen LogP contribution is 2.27. The first-order valence-electron chi connectivity index (χ1n) is 5.94. The van der Waals surface area contributed by atoms with E-state index in [1.807, 2.05) is 26.1 Å². The lowest BCUT2D eigenvalue weighted by Crippen LogP contribution is -2.11. The van der Waals surface area contributed by atoms with Crippen LogP contribution in [-0.4, -0.2) is 15.5 Å². The number of rotatable bonds is 5. The molecule has 0 unspecified atom stereocenters. The van der Waals surface area contributed by atoms with Gasteiger partial charge < -0.3 is 5.32 Å². The fourth-order valence-electron chi connectivity index (χ4n) is 1.71. The smallest absolute Gasteiger partial charge is 0.271 e. The van der Waals surface area contributed by atoms with Crippen LogP contribution in [0.2, 0.25) is 0 Å². The van der Waals surface area contributed by atoms with Gasteiger partial charge in [0.2, 0.25) is 0 Å².